The number of hydrogen-bond acceptors (Lipinski definition) is 3. The van der Waals surface area contributed by atoms with Crippen LogP contribution in [-0.4, -0.2) is 23.7 Å². The van der Waals surface area contributed by atoms with Crippen LogP contribution in [0.4, 0.5) is 13.2 Å². The standard InChI is InChI=1S/CH2BF3O3.Li.H/c3-1(4,5)8-2(6)7;;/h6-7H;;/q;+1;-1. The van der Waals surface area contributed by atoms with Gasteiger partial charge in [0.2, 0.25) is 0 Å². The van der Waals surface area contributed by atoms with Gasteiger partial charge in [-0.3, -0.25) is 4.65 Å². The minimum Gasteiger partial charge on any atom is -1.00 e. The van der Waals surface area contributed by atoms with Crippen LogP contribution in [0.1, 0.15) is 1.43 Å². The van der Waals surface area contributed by atoms with Gasteiger partial charge in [0.15, 0.2) is 0 Å². The number of rotatable bonds is 1. The molecule has 0 amide bonds. The molecule has 0 bridgehead atoms. The van der Waals surface area contributed by atoms with E-state index >= 15 is 0 Å². The van der Waals surface area contributed by atoms with Crippen molar-refractivity contribution in [2.45, 2.75) is 6.36 Å². The van der Waals surface area contributed by atoms with Gasteiger partial charge in [0, 0.05) is 0 Å². The number of halogens is 3. The molecule has 0 aliphatic heterocycles. The maximum absolute atomic E-state index is 10.8. The van der Waals surface area contributed by atoms with E-state index in [4.69, 9.17) is 10.0 Å². The van der Waals surface area contributed by atoms with E-state index in [0.29, 0.717) is 0 Å². The van der Waals surface area contributed by atoms with Crippen LogP contribution in [0.2, 0.25) is 0 Å². The van der Waals surface area contributed by atoms with Crippen LogP contribution in [0.25, 0.3) is 0 Å². The molecule has 9 heavy (non-hydrogen) atoms. The zero-order chi connectivity index (χ0) is 6.78. The molecule has 0 fully saturated rings. The van der Waals surface area contributed by atoms with E-state index in [1.807, 2.05) is 0 Å². The molecule has 2 N–H and O–H groups in total. The Morgan fingerprint density at radius 3 is 1.67 bits per heavy atom. The molecular formula is CH3BF3LiO3. The van der Waals surface area contributed by atoms with Gasteiger partial charge in [0.05, 0.1) is 0 Å². The van der Waals surface area contributed by atoms with Gasteiger partial charge in [-0.05, 0) is 0 Å². The van der Waals surface area contributed by atoms with E-state index in [1.54, 1.807) is 0 Å². The fraction of sp³-hybridized carbons (Fsp3) is 1.00. The maximum atomic E-state index is 10.8. The van der Waals surface area contributed by atoms with E-state index in [1.165, 1.54) is 0 Å². The van der Waals surface area contributed by atoms with Crippen LogP contribution in [0.5, 0.6) is 0 Å². The van der Waals surface area contributed by atoms with Crippen molar-refractivity contribution in [2.75, 3.05) is 0 Å². The zero-order valence-electron chi connectivity index (χ0n) is 5.51. The molecule has 0 unspecified atom stereocenters. The Bertz CT molecular complexity index is 78.6. The average Bonchev–Trinajstić information content (AvgIpc) is 1.21. The summed E-state index contributed by atoms with van der Waals surface area (Å²) in [5.74, 6) is 0. The predicted octanol–water partition coefficient (Wildman–Crippen LogP) is -3.39. The van der Waals surface area contributed by atoms with Crippen LogP contribution < -0.4 is 18.9 Å². The molecule has 0 aromatic carbocycles. The largest absolute Gasteiger partial charge is 1.00 e. The molecule has 8 heteroatoms. The van der Waals surface area contributed by atoms with Crippen molar-refractivity contribution in [2.24, 2.45) is 0 Å². The molecule has 0 atom stereocenters. The molecule has 0 radical (unpaired) electrons. The summed E-state index contributed by atoms with van der Waals surface area (Å²) in [4.78, 5) is 0. The van der Waals surface area contributed by atoms with E-state index in [9.17, 15) is 13.2 Å². The molecule has 0 spiro atoms. The molecule has 50 valence electrons. The Balaban J connectivity index is -0.000000245. The first-order chi connectivity index (χ1) is 3.42. The first kappa shape index (κ1) is 12.1. The fourth-order valence-corrected chi connectivity index (χ4v) is 0.120. The third-order valence-electron chi connectivity index (χ3n) is 0.239. The normalized spacial score (nSPS) is 10.3. The van der Waals surface area contributed by atoms with Crippen molar-refractivity contribution in [3.05, 3.63) is 0 Å². The molecule has 0 aliphatic rings. The zero-order valence-corrected chi connectivity index (χ0v) is 4.51. The molecule has 0 rings (SSSR count). The Morgan fingerprint density at radius 1 is 1.33 bits per heavy atom. The average molecular weight is 138 g/mol. The minimum absolute atomic E-state index is 0. The van der Waals surface area contributed by atoms with E-state index in [-0.39, 0.29) is 20.3 Å². The molecule has 0 aliphatic carbocycles. The molecule has 0 saturated heterocycles. The van der Waals surface area contributed by atoms with Gasteiger partial charge >= 0.3 is 32.5 Å². The Hall–Kier alpha value is 0.332. The van der Waals surface area contributed by atoms with Crippen molar-refractivity contribution in [3.63, 3.8) is 0 Å². The molecule has 3 nitrogen and oxygen atoms in total. The van der Waals surface area contributed by atoms with Crippen LogP contribution >= 0.6 is 0 Å². The third-order valence-corrected chi connectivity index (χ3v) is 0.239. The summed E-state index contributed by atoms with van der Waals surface area (Å²) in [6.45, 7) is 0. The smallest absolute Gasteiger partial charge is 1.00 e. The second-order valence-corrected chi connectivity index (χ2v) is 0.890. The van der Waals surface area contributed by atoms with Crippen molar-refractivity contribution < 1.29 is 48.2 Å². The van der Waals surface area contributed by atoms with Gasteiger partial charge < -0.3 is 11.5 Å². The number of hydrogen-bond donors (Lipinski definition) is 2. The van der Waals surface area contributed by atoms with E-state index in [0.717, 1.165) is 0 Å². The van der Waals surface area contributed by atoms with Gasteiger partial charge in [-0.15, -0.1) is 13.2 Å². The summed E-state index contributed by atoms with van der Waals surface area (Å²) in [6, 6.07) is 0. The van der Waals surface area contributed by atoms with Gasteiger partial charge in [0.1, 0.15) is 0 Å². The molecule has 0 saturated carbocycles. The van der Waals surface area contributed by atoms with Crippen LogP contribution in [-0.2, 0) is 4.65 Å². The molecule has 0 heterocycles. The molecular weight excluding hydrogens is 135 g/mol. The van der Waals surface area contributed by atoms with Gasteiger partial charge in [0.25, 0.3) is 0 Å². The van der Waals surface area contributed by atoms with Crippen LogP contribution in [0.15, 0.2) is 0 Å². The summed E-state index contributed by atoms with van der Waals surface area (Å²) in [5.41, 5.74) is 0. The quantitative estimate of drug-likeness (QED) is 0.371. The summed E-state index contributed by atoms with van der Waals surface area (Å²) >= 11 is 0. The topological polar surface area (TPSA) is 49.7 Å². The Kier molecular flexibility index (Phi) is 5.62. The fourth-order valence-electron chi connectivity index (χ4n) is 0.120. The Labute approximate surface area is 62.6 Å². The second-order valence-electron chi connectivity index (χ2n) is 0.890. The van der Waals surface area contributed by atoms with Crippen molar-refractivity contribution in [1.29, 1.82) is 0 Å². The Morgan fingerprint density at radius 2 is 1.67 bits per heavy atom. The first-order valence-electron chi connectivity index (χ1n) is 1.52. The predicted molar refractivity (Wildman–Crippen MR) is 18.4 cm³/mol. The molecule has 0 aromatic heterocycles. The maximum Gasteiger partial charge on any atom is 1.00 e. The monoisotopic (exact) mass is 138 g/mol. The van der Waals surface area contributed by atoms with Gasteiger partial charge in [-0.25, -0.2) is 0 Å². The van der Waals surface area contributed by atoms with E-state index in [2.05, 4.69) is 4.65 Å². The van der Waals surface area contributed by atoms with Crippen molar-refractivity contribution in [3.8, 4) is 0 Å². The minimum atomic E-state index is -4.98. The van der Waals surface area contributed by atoms with Gasteiger partial charge in [-0.2, -0.15) is 0 Å². The van der Waals surface area contributed by atoms with E-state index < -0.39 is 13.7 Å². The molecule has 0 aromatic rings. The SMILES string of the molecule is OB(O)OC(F)(F)F.[H-].[Li+]. The van der Waals surface area contributed by atoms with Crippen molar-refractivity contribution in [1.82, 2.24) is 0 Å². The van der Waals surface area contributed by atoms with Crippen LogP contribution in [0.3, 0.4) is 0 Å². The second kappa shape index (κ2) is 4.20. The summed E-state index contributed by atoms with van der Waals surface area (Å²) in [5, 5.41) is 15.0. The van der Waals surface area contributed by atoms with Crippen molar-refractivity contribution >= 4 is 7.32 Å². The summed E-state index contributed by atoms with van der Waals surface area (Å²) < 4.78 is 34.8. The van der Waals surface area contributed by atoms with Crippen LogP contribution in [0, 0.1) is 0 Å². The number of alkyl halides is 3. The first-order valence-corrected chi connectivity index (χ1v) is 1.52. The third kappa shape index (κ3) is 11.8. The van der Waals surface area contributed by atoms with Gasteiger partial charge in [-0.1, -0.05) is 0 Å². The summed E-state index contributed by atoms with van der Waals surface area (Å²) in [6.07, 6.45) is -4.98. The summed E-state index contributed by atoms with van der Waals surface area (Å²) in [7, 11) is -2.78.